The van der Waals surface area contributed by atoms with E-state index in [-0.39, 0.29) is 12.5 Å². The van der Waals surface area contributed by atoms with E-state index < -0.39 is 5.97 Å². The number of carboxylic acids is 1. The van der Waals surface area contributed by atoms with Crippen LogP contribution >= 0.6 is 0 Å². The molecule has 120 valence electrons. The molecule has 0 unspecified atom stereocenters. The molecule has 0 fully saturated rings. The van der Waals surface area contributed by atoms with Crippen LogP contribution in [0.25, 0.3) is 0 Å². The molecule has 4 heteroatoms. The van der Waals surface area contributed by atoms with Crippen LogP contribution in [-0.4, -0.2) is 35.0 Å². The lowest BCUT2D eigenvalue weighted by Gasteiger charge is -2.21. The Hall–Kier alpha value is -2.62. The van der Waals surface area contributed by atoms with Gasteiger partial charge in [0.1, 0.15) is 6.54 Å². The predicted octanol–water partition coefficient (Wildman–Crippen LogP) is 3.02. The van der Waals surface area contributed by atoms with Gasteiger partial charge < -0.3 is 10.0 Å². The number of carbonyl (C=O) groups excluding carboxylic acids is 1. The van der Waals surface area contributed by atoms with E-state index in [1.807, 2.05) is 49.4 Å². The summed E-state index contributed by atoms with van der Waals surface area (Å²) in [6.45, 7) is 2.14. The number of carboxylic acid groups (broad SMARTS) is 1. The summed E-state index contributed by atoms with van der Waals surface area (Å²) in [5, 5.41) is 9.07. The minimum atomic E-state index is -1.00. The van der Waals surface area contributed by atoms with Crippen LogP contribution in [-0.2, 0) is 17.6 Å². The molecular weight excluding hydrogens is 290 g/mol. The number of hydrogen-bond acceptors (Lipinski definition) is 2. The van der Waals surface area contributed by atoms with Gasteiger partial charge in [-0.3, -0.25) is 9.59 Å². The molecule has 0 spiro atoms. The lowest BCUT2D eigenvalue weighted by Crippen LogP contribution is -2.37. The maximum Gasteiger partial charge on any atom is 0.323 e. The maximum absolute atomic E-state index is 12.6. The number of hydrogen-bond donors (Lipinski definition) is 1. The van der Waals surface area contributed by atoms with E-state index in [2.05, 4.69) is 0 Å². The molecule has 1 amide bonds. The molecule has 0 aliphatic rings. The zero-order valence-electron chi connectivity index (χ0n) is 13.2. The van der Waals surface area contributed by atoms with Gasteiger partial charge in [0.2, 0.25) is 0 Å². The minimum Gasteiger partial charge on any atom is -0.480 e. The second kappa shape index (κ2) is 8.13. The number of carbonyl (C=O) groups is 2. The molecular formula is C19H21NO3. The van der Waals surface area contributed by atoms with E-state index in [4.69, 9.17) is 5.11 Å². The first kappa shape index (κ1) is 16.7. The first-order chi connectivity index (χ1) is 11.1. The van der Waals surface area contributed by atoms with Crippen molar-refractivity contribution >= 4 is 11.9 Å². The molecule has 0 aliphatic carbocycles. The number of nitrogens with zero attached hydrogens (tertiary/aromatic N) is 1. The van der Waals surface area contributed by atoms with E-state index in [1.165, 1.54) is 4.90 Å². The highest BCUT2D eigenvalue weighted by Gasteiger charge is 2.18. The Balaban J connectivity index is 2.09. The zero-order chi connectivity index (χ0) is 16.7. The summed E-state index contributed by atoms with van der Waals surface area (Å²) < 4.78 is 0. The Morgan fingerprint density at radius 2 is 1.61 bits per heavy atom. The Kier molecular flexibility index (Phi) is 5.92. The second-order valence-electron chi connectivity index (χ2n) is 5.41. The van der Waals surface area contributed by atoms with Gasteiger partial charge in [-0.2, -0.15) is 0 Å². The molecule has 0 atom stereocenters. The van der Waals surface area contributed by atoms with Crippen molar-refractivity contribution in [2.24, 2.45) is 0 Å². The highest BCUT2D eigenvalue weighted by molar-refractivity contribution is 5.95. The third-order valence-corrected chi connectivity index (χ3v) is 3.74. The number of rotatable bonds is 7. The average Bonchev–Trinajstić information content (AvgIpc) is 2.58. The van der Waals surface area contributed by atoms with Crippen LogP contribution in [0, 0.1) is 0 Å². The van der Waals surface area contributed by atoms with Crippen molar-refractivity contribution in [2.75, 3.05) is 13.1 Å². The zero-order valence-corrected chi connectivity index (χ0v) is 13.2. The molecule has 2 rings (SSSR count). The Labute approximate surface area is 136 Å². The molecule has 0 aliphatic heterocycles. The summed E-state index contributed by atoms with van der Waals surface area (Å²) in [7, 11) is 0. The summed E-state index contributed by atoms with van der Waals surface area (Å²) in [6.07, 6.45) is 1.54. The summed E-state index contributed by atoms with van der Waals surface area (Å²) in [6, 6.07) is 17.1. The van der Waals surface area contributed by atoms with E-state index in [0.717, 1.165) is 17.5 Å². The summed E-state index contributed by atoms with van der Waals surface area (Å²) in [5.74, 6) is -1.25. The molecule has 0 aromatic heterocycles. The fourth-order valence-corrected chi connectivity index (χ4v) is 2.39. The molecule has 4 nitrogen and oxygen atoms in total. The van der Waals surface area contributed by atoms with Gasteiger partial charge in [-0.1, -0.05) is 49.4 Å². The number of aryl methyl sites for hydroxylation is 1. The third kappa shape index (κ3) is 4.95. The topological polar surface area (TPSA) is 57.6 Å². The normalized spacial score (nSPS) is 10.3. The van der Waals surface area contributed by atoms with E-state index in [9.17, 15) is 9.59 Å². The van der Waals surface area contributed by atoms with Gasteiger partial charge >= 0.3 is 5.97 Å². The summed E-state index contributed by atoms with van der Waals surface area (Å²) in [5.41, 5.74) is 2.75. The van der Waals surface area contributed by atoms with Crippen LogP contribution < -0.4 is 0 Å². The predicted molar refractivity (Wildman–Crippen MR) is 89.5 cm³/mol. The second-order valence-corrected chi connectivity index (χ2v) is 5.41. The smallest absolute Gasteiger partial charge is 0.323 e. The first-order valence-electron chi connectivity index (χ1n) is 7.74. The van der Waals surface area contributed by atoms with E-state index >= 15 is 0 Å². The summed E-state index contributed by atoms with van der Waals surface area (Å²) >= 11 is 0. The van der Waals surface area contributed by atoms with Crippen molar-refractivity contribution in [3.63, 3.8) is 0 Å². The van der Waals surface area contributed by atoms with Crippen LogP contribution in [0.5, 0.6) is 0 Å². The van der Waals surface area contributed by atoms with Gasteiger partial charge in [-0.15, -0.1) is 0 Å². The number of benzene rings is 2. The van der Waals surface area contributed by atoms with Crippen molar-refractivity contribution in [3.05, 3.63) is 71.3 Å². The molecule has 2 aromatic rings. The Bertz CT molecular complexity index is 650. The largest absolute Gasteiger partial charge is 0.480 e. The lowest BCUT2D eigenvalue weighted by molar-refractivity contribution is -0.137. The fraction of sp³-hybridized carbons (Fsp3) is 0.263. The fourth-order valence-electron chi connectivity index (χ4n) is 2.39. The number of aliphatic carboxylic acids is 1. The van der Waals surface area contributed by atoms with Gasteiger partial charge in [0.05, 0.1) is 0 Å². The van der Waals surface area contributed by atoms with Crippen LogP contribution in [0.4, 0.5) is 0 Å². The van der Waals surface area contributed by atoms with Gasteiger partial charge in [0, 0.05) is 12.1 Å². The lowest BCUT2D eigenvalue weighted by atomic mass is 10.1. The molecule has 0 bridgehead atoms. The highest BCUT2D eigenvalue weighted by atomic mass is 16.4. The van der Waals surface area contributed by atoms with Gasteiger partial charge in [0.25, 0.3) is 5.91 Å². The molecule has 0 radical (unpaired) electrons. The van der Waals surface area contributed by atoms with Crippen LogP contribution in [0.1, 0.15) is 28.4 Å². The molecule has 2 aromatic carbocycles. The average molecular weight is 311 g/mol. The summed E-state index contributed by atoms with van der Waals surface area (Å²) in [4.78, 5) is 25.0. The van der Waals surface area contributed by atoms with E-state index in [1.54, 1.807) is 12.1 Å². The molecule has 0 saturated carbocycles. The third-order valence-electron chi connectivity index (χ3n) is 3.74. The van der Waals surface area contributed by atoms with Gasteiger partial charge in [0.15, 0.2) is 0 Å². The van der Waals surface area contributed by atoms with Crippen molar-refractivity contribution in [2.45, 2.75) is 19.8 Å². The first-order valence-corrected chi connectivity index (χ1v) is 7.74. The van der Waals surface area contributed by atoms with Crippen molar-refractivity contribution < 1.29 is 14.7 Å². The van der Waals surface area contributed by atoms with Crippen LogP contribution in [0.2, 0.25) is 0 Å². The highest BCUT2D eigenvalue weighted by Crippen LogP contribution is 2.10. The van der Waals surface area contributed by atoms with E-state index in [0.29, 0.717) is 18.5 Å². The van der Waals surface area contributed by atoms with Gasteiger partial charge in [-0.05, 0) is 36.1 Å². The standard InChI is InChI=1S/C19H21NO3/c1-2-15-8-10-17(11-9-15)19(23)20(14-18(21)22)13-12-16-6-4-3-5-7-16/h3-11H,2,12-14H2,1H3,(H,21,22). The number of amides is 1. The van der Waals surface area contributed by atoms with Gasteiger partial charge in [-0.25, -0.2) is 0 Å². The monoisotopic (exact) mass is 311 g/mol. The SMILES string of the molecule is CCc1ccc(C(=O)N(CCc2ccccc2)CC(=O)O)cc1. The molecule has 1 N–H and O–H groups in total. The maximum atomic E-state index is 12.6. The minimum absolute atomic E-state index is 0.244. The molecule has 23 heavy (non-hydrogen) atoms. The van der Waals surface area contributed by atoms with Crippen molar-refractivity contribution in [1.82, 2.24) is 4.90 Å². The van der Waals surface area contributed by atoms with Crippen molar-refractivity contribution in [1.29, 1.82) is 0 Å². The Morgan fingerprint density at radius 3 is 2.17 bits per heavy atom. The van der Waals surface area contributed by atoms with Crippen LogP contribution in [0.3, 0.4) is 0 Å². The van der Waals surface area contributed by atoms with Crippen molar-refractivity contribution in [3.8, 4) is 0 Å². The quantitative estimate of drug-likeness (QED) is 0.855. The molecule has 0 saturated heterocycles. The molecule has 0 heterocycles. The van der Waals surface area contributed by atoms with Crippen LogP contribution in [0.15, 0.2) is 54.6 Å². The Morgan fingerprint density at radius 1 is 0.957 bits per heavy atom.